The van der Waals surface area contributed by atoms with Gasteiger partial charge < -0.3 is 4.74 Å². The molecule has 23 heavy (non-hydrogen) atoms. The Bertz CT molecular complexity index is 491. The number of hydrogen-bond donors (Lipinski definition) is 0. The first-order valence-corrected chi connectivity index (χ1v) is 9.21. The van der Waals surface area contributed by atoms with Gasteiger partial charge in [-0.1, -0.05) is 72.8 Å². The average Bonchev–Trinajstić information content (AvgIpc) is 2.48. The summed E-state index contributed by atoms with van der Waals surface area (Å²) in [6, 6.07) is 6.83. The van der Waals surface area contributed by atoms with Gasteiger partial charge in [0, 0.05) is 0 Å². The number of hydrogen-bond acceptors (Lipinski definition) is 1. The van der Waals surface area contributed by atoms with Gasteiger partial charge in [0.1, 0.15) is 5.75 Å². The largest absolute Gasteiger partial charge is 0.493 e. The van der Waals surface area contributed by atoms with Crippen LogP contribution in [0, 0.1) is 5.92 Å². The van der Waals surface area contributed by atoms with Crippen molar-refractivity contribution in [3.05, 3.63) is 41.5 Å². The van der Waals surface area contributed by atoms with Crippen molar-refractivity contribution in [2.75, 3.05) is 6.61 Å². The number of allylic oxidation sites excluding steroid dienone is 2. The lowest BCUT2D eigenvalue weighted by molar-refractivity contribution is 0.264. The fraction of sp³-hybridized carbons (Fsp3) is 0.636. The number of rotatable bonds is 8. The zero-order valence-corrected chi connectivity index (χ0v) is 16.3. The van der Waals surface area contributed by atoms with E-state index in [2.05, 4.69) is 78.8 Å². The summed E-state index contributed by atoms with van der Waals surface area (Å²) in [6.45, 7) is 16.4. The maximum absolute atomic E-state index is 6.08. The molecule has 1 aromatic carbocycles. The van der Waals surface area contributed by atoms with E-state index in [-0.39, 0.29) is 5.41 Å². The zero-order chi connectivity index (χ0) is 17.5. The van der Waals surface area contributed by atoms with Gasteiger partial charge >= 0.3 is 0 Å². The van der Waals surface area contributed by atoms with Gasteiger partial charge in [0.25, 0.3) is 0 Å². The molecule has 0 saturated carbocycles. The Kier molecular flexibility index (Phi) is 7.88. The average molecular weight is 317 g/mol. The van der Waals surface area contributed by atoms with Gasteiger partial charge in [0.15, 0.2) is 0 Å². The van der Waals surface area contributed by atoms with E-state index in [1.165, 1.54) is 17.5 Å². The third-order valence-corrected chi connectivity index (χ3v) is 4.17. The summed E-state index contributed by atoms with van der Waals surface area (Å²) in [4.78, 5) is 0. The van der Waals surface area contributed by atoms with Gasteiger partial charge in [-0.15, -0.1) is 0 Å². The van der Waals surface area contributed by atoms with Crippen LogP contribution >= 0.6 is 0 Å². The van der Waals surface area contributed by atoms with Crippen LogP contribution in [-0.2, 0) is 5.41 Å². The van der Waals surface area contributed by atoms with Gasteiger partial charge in [0.2, 0.25) is 0 Å². The van der Waals surface area contributed by atoms with Gasteiger partial charge in [-0.05, 0) is 53.7 Å². The Morgan fingerprint density at radius 3 is 2.30 bits per heavy atom. The van der Waals surface area contributed by atoms with E-state index in [1.54, 1.807) is 0 Å². The third-order valence-electron chi connectivity index (χ3n) is 4.17. The Balaban J connectivity index is 3.09. The smallest absolute Gasteiger partial charge is 0.123 e. The van der Waals surface area contributed by atoms with Gasteiger partial charge in [-0.2, -0.15) is 0 Å². The predicted octanol–water partition coefficient (Wildman–Crippen LogP) is 6.87. The molecule has 130 valence electrons. The molecule has 0 aromatic heterocycles. The highest BCUT2D eigenvalue weighted by molar-refractivity contribution is 5.42. The van der Waals surface area contributed by atoms with E-state index < -0.39 is 0 Å². The van der Waals surface area contributed by atoms with Crippen LogP contribution in [0.1, 0.15) is 84.8 Å². The summed E-state index contributed by atoms with van der Waals surface area (Å²) in [7, 11) is 0. The minimum absolute atomic E-state index is 0.0971. The molecule has 0 N–H and O–H groups in total. The second kappa shape index (κ2) is 9.15. The molecule has 0 aliphatic rings. The van der Waals surface area contributed by atoms with Crippen LogP contribution in [0.5, 0.6) is 5.75 Å². The molecule has 0 saturated heterocycles. The molecule has 1 heteroatoms. The Morgan fingerprint density at radius 1 is 1.09 bits per heavy atom. The molecule has 0 radical (unpaired) electrons. The van der Waals surface area contributed by atoms with Crippen molar-refractivity contribution in [3.63, 3.8) is 0 Å². The second-order valence-corrected chi connectivity index (χ2v) is 7.93. The monoisotopic (exact) mass is 316 g/mol. The summed E-state index contributed by atoms with van der Waals surface area (Å²) < 4.78 is 6.08. The molecule has 0 amide bonds. The van der Waals surface area contributed by atoms with Crippen LogP contribution in [0.2, 0.25) is 0 Å². The third kappa shape index (κ3) is 6.41. The Labute approximate surface area is 144 Å². The van der Waals surface area contributed by atoms with E-state index in [1.807, 2.05) is 0 Å². The first-order valence-electron chi connectivity index (χ1n) is 9.21. The second-order valence-electron chi connectivity index (χ2n) is 7.93. The van der Waals surface area contributed by atoms with Gasteiger partial charge in [-0.3, -0.25) is 0 Å². The van der Waals surface area contributed by atoms with Crippen molar-refractivity contribution in [1.82, 2.24) is 0 Å². The van der Waals surface area contributed by atoms with Gasteiger partial charge in [-0.25, -0.2) is 0 Å². The van der Waals surface area contributed by atoms with Crippen molar-refractivity contribution in [3.8, 4) is 5.75 Å². The lowest BCUT2D eigenvalue weighted by atomic mass is 9.82. The Morgan fingerprint density at radius 2 is 1.78 bits per heavy atom. The van der Waals surface area contributed by atoms with Crippen molar-refractivity contribution in [2.45, 2.75) is 79.1 Å². The number of ether oxygens (including phenoxy) is 1. The number of benzene rings is 1. The minimum Gasteiger partial charge on any atom is -0.493 e. The molecule has 0 spiro atoms. The van der Waals surface area contributed by atoms with Crippen LogP contribution in [0.15, 0.2) is 30.4 Å². The van der Waals surface area contributed by atoms with E-state index >= 15 is 0 Å². The molecule has 0 bridgehead atoms. The summed E-state index contributed by atoms with van der Waals surface area (Å²) >= 11 is 0. The van der Waals surface area contributed by atoms with E-state index in [0.717, 1.165) is 25.2 Å². The molecule has 1 nitrogen and oxygen atoms in total. The molecule has 0 fully saturated rings. The minimum atomic E-state index is 0.0971. The van der Waals surface area contributed by atoms with Crippen LogP contribution in [-0.4, -0.2) is 6.61 Å². The maximum atomic E-state index is 6.08. The van der Waals surface area contributed by atoms with Crippen molar-refractivity contribution >= 4 is 0 Å². The standard InChI is InChI=1S/C22H36O/c1-8-10-11-12-18(9-2)19-13-14-21(23-16-17(3)4)20(15-19)22(5,6)7/h10-11,13-15,17-18H,8-9,12,16H2,1-7H3/b11-10-. The lowest BCUT2D eigenvalue weighted by Crippen LogP contribution is -2.16. The highest BCUT2D eigenvalue weighted by atomic mass is 16.5. The molecule has 1 unspecified atom stereocenters. The van der Waals surface area contributed by atoms with Crippen LogP contribution in [0.3, 0.4) is 0 Å². The first kappa shape index (κ1) is 19.8. The lowest BCUT2D eigenvalue weighted by Gasteiger charge is -2.26. The topological polar surface area (TPSA) is 9.23 Å². The molecule has 1 rings (SSSR count). The fourth-order valence-corrected chi connectivity index (χ4v) is 2.74. The highest BCUT2D eigenvalue weighted by Gasteiger charge is 2.21. The van der Waals surface area contributed by atoms with Gasteiger partial charge in [0.05, 0.1) is 6.61 Å². The first-order chi connectivity index (χ1) is 10.8. The zero-order valence-electron chi connectivity index (χ0n) is 16.3. The SMILES string of the molecule is CC/C=C\CC(CC)c1ccc(OCC(C)C)c(C(C)(C)C)c1. The highest BCUT2D eigenvalue weighted by Crippen LogP contribution is 2.35. The van der Waals surface area contributed by atoms with E-state index in [9.17, 15) is 0 Å². The van der Waals surface area contributed by atoms with Crippen LogP contribution in [0.25, 0.3) is 0 Å². The molecular weight excluding hydrogens is 280 g/mol. The van der Waals surface area contributed by atoms with Crippen molar-refractivity contribution in [2.24, 2.45) is 5.92 Å². The van der Waals surface area contributed by atoms with Crippen LogP contribution < -0.4 is 4.74 Å². The van der Waals surface area contributed by atoms with E-state index in [0.29, 0.717) is 11.8 Å². The molecule has 0 heterocycles. The summed E-state index contributed by atoms with van der Waals surface area (Å²) in [5, 5.41) is 0. The summed E-state index contributed by atoms with van der Waals surface area (Å²) in [6.07, 6.45) is 8.01. The summed E-state index contributed by atoms with van der Waals surface area (Å²) in [5.41, 5.74) is 2.86. The normalized spacial score (nSPS) is 13.7. The fourth-order valence-electron chi connectivity index (χ4n) is 2.74. The van der Waals surface area contributed by atoms with Crippen molar-refractivity contribution < 1.29 is 4.74 Å². The summed E-state index contributed by atoms with van der Waals surface area (Å²) in [5.74, 6) is 2.19. The molecule has 1 aromatic rings. The van der Waals surface area contributed by atoms with Crippen molar-refractivity contribution in [1.29, 1.82) is 0 Å². The Hall–Kier alpha value is -1.24. The quantitative estimate of drug-likeness (QED) is 0.475. The maximum Gasteiger partial charge on any atom is 0.123 e. The van der Waals surface area contributed by atoms with E-state index in [4.69, 9.17) is 4.74 Å². The molecule has 0 aliphatic heterocycles. The molecule has 0 aliphatic carbocycles. The predicted molar refractivity (Wildman–Crippen MR) is 103 cm³/mol. The molecule has 1 atom stereocenters. The van der Waals surface area contributed by atoms with Crippen LogP contribution in [0.4, 0.5) is 0 Å². The molecular formula is C22H36O.